The minimum Gasteiger partial charge on any atom is -0.481 e. The zero-order valence-corrected chi connectivity index (χ0v) is 14.1. The van der Waals surface area contributed by atoms with E-state index in [2.05, 4.69) is 0 Å². The molecule has 1 aliphatic heterocycles. The number of primary sulfonamides is 1. The molecule has 1 aliphatic rings. The number of nitrogens with zero attached hydrogens (tertiary/aromatic N) is 1. The van der Waals surface area contributed by atoms with Gasteiger partial charge in [-0.1, -0.05) is 0 Å². The minimum atomic E-state index is -3.94. The van der Waals surface area contributed by atoms with E-state index in [1.54, 1.807) is 26.8 Å². The Hall–Kier alpha value is -1.93. The monoisotopic (exact) mass is 340 g/mol. The standard InChI is InChI=1S/C15H20N2O5S/c1-9-6-11(7-12(10(9)2)23(16,21)22)13(18)17-5-4-15(3,8-17)14(19)20/h6-7H,4-5,8H2,1-3H3,(H,19,20)(H2,16,21,22)/t15-/m0/s1. The van der Waals surface area contributed by atoms with E-state index in [1.165, 1.54) is 11.0 Å². The lowest BCUT2D eigenvalue weighted by molar-refractivity contribution is -0.147. The number of carboxylic acid groups (broad SMARTS) is 1. The molecule has 0 unspecified atom stereocenters. The fraction of sp³-hybridized carbons (Fsp3) is 0.467. The fourth-order valence-electron chi connectivity index (χ4n) is 2.74. The molecule has 1 heterocycles. The van der Waals surface area contributed by atoms with Gasteiger partial charge in [-0.05, 0) is 50.5 Å². The maximum Gasteiger partial charge on any atom is 0.311 e. The van der Waals surface area contributed by atoms with Crippen LogP contribution in [0.15, 0.2) is 17.0 Å². The molecule has 0 spiro atoms. The normalized spacial score (nSPS) is 21.5. The number of amides is 1. The molecule has 0 aliphatic carbocycles. The molecule has 1 aromatic rings. The van der Waals surface area contributed by atoms with Crippen molar-refractivity contribution in [2.45, 2.75) is 32.1 Å². The van der Waals surface area contributed by atoms with Crippen molar-refractivity contribution in [3.63, 3.8) is 0 Å². The highest BCUT2D eigenvalue weighted by Gasteiger charge is 2.42. The van der Waals surface area contributed by atoms with Gasteiger partial charge in [0.15, 0.2) is 0 Å². The number of rotatable bonds is 3. The quantitative estimate of drug-likeness (QED) is 0.847. The first-order valence-electron chi connectivity index (χ1n) is 7.12. The molecule has 1 aromatic carbocycles. The van der Waals surface area contributed by atoms with E-state index >= 15 is 0 Å². The Kier molecular flexibility index (Phi) is 4.25. The van der Waals surface area contributed by atoms with Crippen LogP contribution < -0.4 is 5.14 Å². The van der Waals surface area contributed by atoms with Crippen molar-refractivity contribution in [2.24, 2.45) is 10.6 Å². The van der Waals surface area contributed by atoms with Crippen molar-refractivity contribution < 1.29 is 23.1 Å². The number of hydrogen-bond acceptors (Lipinski definition) is 4. The van der Waals surface area contributed by atoms with E-state index in [0.29, 0.717) is 24.1 Å². The fourth-order valence-corrected chi connectivity index (χ4v) is 3.62. The summed E-state index contributed by atoms with van der Waals surface area (Å²) in [5, 5.41) is 14.4. The molecule has 7 nitrogen and oxygen atoms in total. The highest BCUT2D eigenvalue weighted by molar-refractivity contribution is 7.89. The molecule has 1 atom stereocenters. The van der Waals surface area contributed by atoms with Gasteiger partial charge in [-0.2, -0.15) is 0 Å². The SMILES string of the molecule is Cc1cc(C(=O)N2CC[C@](C)(C(=O)O)C2)cc(S(N)(=O)=O)c1C. The lowest BCUT2D eigenvalue weighted by atomic mass is 9.90. The number of hydrogen-bond donors (Lipinski definition) is 2. The van der Waals surface area contributed by atoms with Crippen molar-refractivity contribution in [1.82, 2.24) is 4.90 Å². The van der Waals surface area contributed by atoms with Crippen LogP contribution in [-0.2, 0) is 14.8 Å². The molecule has 0 saturated carbocycles. The summed E-state index contributed by atoms with van der Waals surface area (Å²) in [5.41, 5.74) is 0.366. The van der Waals surface area contributed by atoms with Crippen LogP contribution in [0.1, 0.15) is 34.8 Å². The molecular formula is C15H20N2O5S. The third-order valence-corrected chi connectivity index (χ3v) is 5.49. The predicted octanol–water partition coefficient (Wildman–Crippen LogP) is 0.888. The van der Waals surface area contributed by atoms with Gasteiger partial charge in [0.25, 0.3) is 5.91 Å². The first-order chi connectivity index (χ1) is 10.5. The van der Waals surface area contributed by atoms with Gasteiger partial charge in [0, 0.05) is 18.7 Å². The Balaban J connectivity index is 2.39. The van der Waals surface area contributed by atoms with Gasteiger partial charge in [-0.15, -0.1) is 0 Å². The van der Waals surface area contributed by atoms with Gasteiger partial charge in [0.05, 0.1) is 10.3 Å². The number of sulfonamides is 1. The summed E-state index contributed by atoms with van der Waals surface area (Å²) in [6.45, 7) is 5.34. The van der Waals surface area contributed by atoms with Gasteiger partial charge in [-0.3, -0.25) is 9.59 Å². The summed E-state index contributed by atoms with van der Waals surface area (Å²) < 4.78 is 23.3. The average molecular weight is 340 g/mol. The third-order valence-electron chi connectivity index (χ3n) is 4.45. The predicted molar refractivity (Wildman–Crippen MR) is 83.6 cm³/mol. The topological polar surface area (TPSA) is 118 Å². The Morgan fingerprint density at radius 1 is 1.30 bits per heavy atom. The van der Waals surface area contributed by atoms with Gasteiger partial charge in [0.2, 0.25) is 10.0 Å². The number of aliphatic carboxylic acids is 1. The number of nitrogens with two attached hydrogens (primary N) is 1. The van der Waals surface area contributed by atoms with E-state index in [-0.39, 0.29) is 22.9 Å². The average Bonchev–Trinajstić information content (AvgIpc) is 2.83. The summed E-state index contributed by atoms with van der Waals surface area (Å²) in [4.78, 5) is 25.2. The number of carbonyl (C=O) groups excluding carboxylic acids is 1. The van der Waals surface area contributed by atoms with Crippen LogP contribution in [0, 0.1) is 19.3 Å². The Morgan fingerprint density at radius 2 is 1.91 bits per heavy atom. The summed E-state index contributed by atoms with van der Waals surface area (Å²) in [6, 6.07) is 2.86. The first-order valence-corrected chi connectivity index (χ1v) is 8.67. The van der Waals surface area contributed by atoms with Crippen molar-refractivity contribution in [3.8, 4) is 0 Å². The van der Waals surface area contributed by atoms with E-state index in [4.69, 9.17) is 5.14 Å². The maximum atomic E-state index is 12.6. The van der Waals surface area contributed by atoms with Crippen LogP contribution in [0.5, 0.6) is 0 Å². The van der Waals surface area contributed by atoms with Crippen LogP contribution in [-0.4, -0.2) is 43.4 Å². The molecule has 1 saturated heterocycles. The van der Waals surface area contributed by atoms with E-state index in [0.717, 1.165) is 0 Å². The second kappa shape index (κ2) is 5.61. The summed E-state index contributed by atoms with van der Waals surface area (Å²) >= 11 is 0. The van der Waals surface area contributed by atoms with Crippen LogP contribution in [0.25, 0.3) is 0 Å². The molecular weight excluding hydrogens is 320 g/mol. The van der Waals surface area contributed by atoms with Gasteiger partial charge in [-0.25, -0.2) is 13.6 Å². The second-order valence-corrected chi connectivity index (χ2v) is 7.83. The smallest absolute Gasteiger partial charge is 0.311 e. The molecule has 0 aromatic heterocycles. The van der Waals surface area contributed by atoms with Crippen LogP contribution >= 0.6 is 0 Å². The molecule has 0 radical (unpaired) electrons. The number of aryl methyl sites for hydroxylation is 1. The molecule has 23 heavy (non-hydrogen) atoms. The molecule has 126 valence electrons. The van der Waals surface area contributed by atoms with Crippen LogP contribution in [0.2, 0.25) is 0 Å². The zero-order chi connectivity index (χ0) is 17.6. The molecule has 1 amide bonds. The third kappa shape index (κ3) is 3.23. The van der Waals surface area contributed by atoms with Gasteiger partial charge >= 0.3 is 5.97 Å². The van der Waals surface area contributed by atoms with Crippen molar-refractivity contribution >= 4 is 21.9 Å². The van der Waals surface area contributed by atoms with Gasteiger partial charge in [0.1, 0.15) is 0 Å². The molecule has 2 rings (SSSR count). The second-order valence-electron chi connectivity index (χ2n) is 6.30. The number of carbonyl (C=O) groups is 2. The van der Waals surface area contributed by atoms with E-state index in [9.17, 15) is 23.1 Å². The van der Waals surface area contributed by atoms with E-state index < -0.39 is 21.4 Å². The van der Waals surface area contributed by atoms with Gasteiger partial charge < -0.3 is 10.0 Å². The van der Waals surface area contributed by atoms with Crippen LogP contribution in [0.4, 0.5) is 0 Å². The zero-order valence-electron chi connectivity index (χ0n) is 13.3. The number of carboxylic acids is 1. The van der Waals surface area contributed by atoms with Crippen molar-refractivity contribution in [1.29, 1.82) is 0 Å². The van der Waals surface area contributed by atoms with Crippen molar-refractivity contribution in [2.75, 3.05) is 13.1 Å². The highest BCUT2D eigenvalue weighted by Crippen LogP contribution is 2.31. The Labute approximate surface area is 135 Å². The van der Waals surface area contributed by atoms with Crippen molar-refractivity contribution in [3.05, 3.63) is 28.8 Å². The number of benzene rings is 1. The largest absolute Gasteiger partial charge is 0.481 e. The lowest BCUT2D eigenvalue weighted by Gasteiger charge is -2.21. The molecule has 0 bridgehead atoms. The summed E-state index contributed by atoms with van der Waals surface area (Å²) in [5.74, 6) is -1.33. The molecule has 3 N–H and O–H groups in total. The maximum absolute atomic E-state index is 12.6. The molecule has 8 heteroatoms. The lowest BCUT2D eigenvalue weighted by Crippen LogP contribution is -2.35. The first kappa shape index (κ1) is 17.4. The molecule has 1 fully saturated rings. The summed E-state index contributed by atoms with van der Waals surface area (Å²) in [7, 11) is -3.94. The van der Waals surface area contributed by atoms with Crippen LogP contribution in [0.3, 0.4) is 0 Å². The minimum absolute atomic E-state index is 0.0824. The summed E-state index contributed by atoms with van der Waals surface area (Å²) in [6.07, 6.45) is 0.362. The Morgan fingerprint density at radius 3 is 2.39 bits per heavy atom. The highest BCUT2D eigenvalue weighted by atomic mass is 32.2. The van der Waals surface area contributed by atoms with E-state index in [1.807, 2.05) is 0 Å². The Bertz CT molecular complexity index is 787. The number of likely N-dealkylation sites (tertiary alicyclic amines) is 1.